The van der Waals surface area contributed by atoms with Crippen molar-refractivity contribution in [1.82, 2.24) is 14.8 Å². The quantitative estimate of drug-likeness (QED) is 0.420. The number of para-hydroxylation sites is 1. The number of fused-ring (bicyclic) bond motifs is 1. The van der Waals surface area contributed by atoms with Crippen LogP contribution >= 0.6 is 11.6 Å². The maximum absolute atomic E-state index is 13.5. The van der Waals surface area contributed by atoms with Crippen molar-refractivity contribution in [2.45, 2.75) is 13.0 Å². The summed E-state index contributed by atoms with van der Waals surface area (Å²) in [4.78, 5) is 18.1. The first kappa shape index (κ1) is 21.4. The zero-order valence-corrected chi connectivity index (χ0v) is 18.9. The van der Waals surface area contributed by atoms with E-state index in [1.54, 1.807) is 22.9 Å². The lowest BCUT2D eigenvalue weighted by atomic mass is 9.94. The summed E-state index contributed by atoms with van der Waals surface area (Å²) in [5, 5.41) is 20.7. The maximum Gasteiger partial charge on any atom is 0.255 e. The predicted molar refractivity (Wildman–Crippen MR) is 131 cm³/mol. The van der Waals surface area contributed by atoms with Crippen LogP contribution in [0.25, 0.3) is 11.4 Å². The van der Waals surface area contributed by atoms with Gasteiger partial charge in [0.1, 0.15) is 6.04 Å². The average Bonchev–Trinajstić information content (AvgIpc) is 3.27. The number of anilines is 2. The lowest BCUT2D eigenvalue weighted by Crippen LogP contribution is -2.31. The molecule has 4 aromatic rings. The molecule has 1 amide bonds. The van der Waals surface area contributed by atoms with Crippen LogP contribution in [0.15, 0.2) is 90.1 Å². The van der Waals surface area contributed by atoms with E-state index in [9.17, 15) is 10.1 Å². The first-order chi connectivity index (χ1) is 16.5. The number of halogens is 1. The van der Waals surface area contributed by atoms with E-state index in [0.717, 1.165) is 5.56 Å². The van der Waals surface area contributed by atoms with Gasteiger partial charge >= 0.3 is 0 Å². The van der Waals surface area contributed by atoms with Gasteiger partial charge in [0.15, 0.2) is 5.82 Å². The van der Waals surface area contributed by atoms with Crippen LogP contribution in [-0.4, -0.2) is 20.7 Å². The molecule has 2 heterocycles. The van der Waals surface area contributed by atoms with Crippen molar-refractivity contribution < 1.29 is 4.79 Å². The number of allylic oxidation sites excluding steroid dienone is 1. The highest BCUT2D eigenvalue weighted by Crippen LogP contribution is 2.37. The number of hydrogen-bond acceptors (Lipinski definition) is 5. The van der Waals surface area contributed by atoms with Gasteiger partial charge in [-0.2, -0.15) is 10.2 Å². The summed E-state index contributed by atoms with van der Waals surface area (Å²) < 4.78 is 1.69. The van der Waals surface area contributed by atoms with Crippen molar-refractivity contribution in [3.05, 3.63) is 106 Å². The predicted octanol–water partition coefficient (Wildman–Crippen LogP) is 5.40. The number of carbonyl (C=O) groups excluding carboxylic acids is 1. The smallest absolute Gasteiger partial charge is 0.255 e. The topological polar surface area (TPSA) is 95.6 Å². The lowest BCUT2D eigenvalue weighted by molar-refractivity contribution is -0.113. The van der Waals surface area contributed by atoms with E-state index in [2.05, 4.69) is 21.7 Å². The molecule has 1 atom stereocenters. The molecule has 34 heavy (non-hydrogen) atoms. The Morgan fingerprint density at radius 2 is 1.76 bits per heavy atom. The van der Waals surface area contributed by atoms with Gasteiger partial charge in [-0.1, -0.05) is 54.1 Å². The molecule has 0 saturated carbocycles. The molecule has 3 aromatic carbocycles. The highest BCUT2D eigenvalue weighted by Gasteiger charge is 2.34. The Balaban J connectivity index is 1.62. The van der Waals surface area contributed by atoms with Crippen molar-refractivity contribution in [3.8, 4) is 17.5 Å². The van der Waals surface area contributed by atoms with Crippen molar-refractivity contribution >= 4 is 29.1 Å². The minimum Gasteiger partial charge on any atom is -0.328 e. The zero-order valence-electron chi connectivity index (χ0n) is 18.2. The first-order valence-corrected chi connectivity index (χ1v) is 11.0. The average molecular weight is 467 g/mol. The van der Waals surface area contributed by atoms with E-state index in [0.29, 0.717) is 44.9 Å². The van der Waals surface area contributed by atoms with E-state index < -0.39 is 6.04 Å². The number of amides is 1. The second-order valence-corrected chi connectivity index (χ2v) is 8.21. The fraction of sp³-hybridized carbons (Fsp3) is 0.0769. The molecule has 5 rings (SSSR count). The van der Waals surface area contributed by atoms with Crippen LogP contribution in [0.3, 0.4) is 0 Å². The SMILES string of the molecule is CC1=C(C(=O)Nc2ccccc2)C(c2ccc(C#N)cc2)n2nc(-c3ccccc3Cl)nc2N1. The maximum atomic E-state index is 13.5. The van der Waals surface area contributed by atoms with Gasteiger partial charge in [-0.05, 0) is 48.9 Å². The van der Waals surface area contributed by atoms with Crippen LogP contribution in [0.1, 0.15) is 24.1 Å². The van der Waals surface area contributed by atoms with Crippen LogP contribution in [0.4, 0.5) is 11.6 Å². The second-order valence-electron chi connectivity index (χ2n) is 7.80. The number of nitriles is 1. The minimum atomic E-state index is -0.559. The highest BCUT2D eigenvalue weighted by atomic mass is 35.5. The number of carbonyl (C=O) groups is 1. The number of nitrogens with one attached hydrogen (secondary N) is 2. The van der Waals surface area contributed by atoms with Crippen LogP contribution in [-0.2, 0) is 4.79 Å². The summed E-state index contributed by atoms with van der Waals surface area (Å²) in [6, 6.07) is 25.3. The zero-order chi connectivity index (χ0) is 23.7. The van der Waals surface area contributed by atoms with Crippen LogP contribution < -0.4 is 10.6 Å². The van der Waals surface area contributed by atoms with Gasteiger partial charge in [0.25, 0.3) is 5.91 Å². The molecule has 1 unspecified atom stereocenters. The molecule has 0 fully saturated rings. The minimum absolute atomic E-state index is 0.258. The number of hydrogen-bond donors (Lipinski definition) is 2. The van der Waals surface area contributed by atoms with Gasteiger partial charge in [0.2, 0.25) is 5.95 Å². The monoisotopic (exact) mass is 466 g/mol. The summed E-state index contributed by atoms with van der Waals surface area (Å²) in [5.74, 6) is 0.688. The van der Waals surface area contributed by atoms with Crippen LogP contribution in [0.2, 0.25) is 5.02 Å². The fourth-order valence-corrected chi connectivity index (χ4v) is 4.19. The normalized spacial score (nSPS) is 14.7. The number of rotatable bonds is 4. The third-order valence-electron chi connectivity index (χ3n) is 5.60. The molecule has 0 spiro atoms. The van der Waals surface area contributed by atoms with Gasteiger partial charge in [-0.25, -0.2) is 4.68 Å². The second kappa shape index (κ2) is 8.85. The molecule has 1 aromatic heterocycles. The Kier molecular flexibility index (Phi) is 5.58. The molecule has 1 aliphatic heterocycles. The van der Waals surface area contributed by atoms with Crippen molar-refractivity contribution in [3.63, 3.8) is 0 Å². The molecule has 2 N–H and O–H groups in total. The Labute approximate surface area is 201 Å². The fourth-order valence-electron chi connectivity index (χ4n) is 3.97. The Morgan fingerprint density at radius 1 is 1.06 bits per heavy atom. The third kappa shape index (κ3) is 3.91. The Bertz CT molecular complexity index is 1450. The number of nitrogens with zero attached hydrogens (tertiary/aromatic N) is 4. The molecule has 0 aliphatic carbocycles. The van der Waals surface area contributed by atoms with E-state index in [1.807, 2.05) is 67.6 Å². The molecular weight excluding hydrogens is 448 g/mol. The first-order valence-electron chi connectivity index (χ1n) is 10.6. The summed E-state index contributed by atoms with van der Waals surface area (Å²) in [6.07, 6.45) is 0. The molecule has 166 valence electrons. The van der Waals surface area contributed by atoms with Gasteiger partial charge in [-0.3, -0.25) is 4.79 Å². The van der Waals surface area contributed by atoms with Gasteiger partial charge in [0, 0.05) is 16.9 Å². The van der Waals surface area contributed by atoms with E-state index in [-0.39, 0.29) is 5.91 Å². The Morgan fingerprint density at radius 3 is 2.47 bits per heavy atom. The van der Waals surface area contributed by atoms with Crippen molar-refractivity contribution in [2.75, 3.05) is 10.6 Å². The van der Waals surface area contributed by atoms with E-state index >= 15 is 0 Å². The molecule has 1 aliphatic rings. The van der Waals surface area contributed by atoms with Gasteiger partial charge in [-0.15, -0.1) is 5.10 Å². The largest absolute Gasteiger partial charge is 0.328 e. The van der Waals surface area contributed by atoms with Crippen molar-refractivity contribution in [1.29, 1.82) is 5.26 Å². The van der Waals surface area contributed by atoms with E-state index in [1.165, 1.54) is 0 Å². The summed E-state index contributed by atoms with van der Waals surface area (Å²) >= 11 is 6.39. The highest BCUT2D eigenvalue weighted by molar-refractivity contribution is 6.33. The summed E-state index contributed by atoms with van der Waals surface area (Å²) in [5.41, 5.74) is 3.87. The molecular formula is C26H19ClN6O. The number of benzene rings is 3. The lowest BCUT2D eigenvalue weighted by Gasteiger charge is -2.28. The Hall–Kier alpha value is -4.41. The molecule has 0 radical (unpaired) electrons. The van der Waals surface area contributed by atoms with Gasteiger partial charge in [0.05, 0.1) is 22.2 Å². The molecule has 8 heteroatoms. The van der Waals surface area contributed by atoms with Gasteiger partial charge < -0.3 is 10.6 Å². The standard InChI is InChI=1S/C26H19ClN6O/c1-16-22(25(34)30-19-7-3-2-4-8-19)23(18-13-11-17(15-28)12-14-18)33-26(29-16)31-24(32-33)20-9-5-6-10-21(20)27/h2-14,23H,1H3,(H,30,34)(H,29,31,32). The number of aromatic nitrogens is 3. The van der Waals surface area contributed by atoms with E-state index in [4.69, 9.17) is 16.7 Å². The third-order valence-corrected chi connectivity index (χ3v) is 5.93. The molecule has 0 bridgehead atoms. The van der Waals surface area contributed by atoms with Crippen molar-refractivity contribution in [2.24, 2.45) is 0 Å². The summed E-state index contributed by atoms with van der Waals surface area (Å²) in [7, 11) is 0. The van der Waals surface area contributed by atoms with Crippen LogP contribution in [0.5, 0.6) is 0 Å². The van der Waals surface area contributed by atoms with Crippen LogP contribution in [0, 0.1) is 11.3 Å². The molecule has 0 saturated heterocycles. The summed E-state index contributed by atoms with van der Waals surface area (Å²) in [6.45, 7) is 1.84. The molecule has 7 nitrogen and oxygen atoms in total.